The second kappa shape index (κ2) is 8.05. The van der Waals surface area contributed by atoms with Gasteiger partial charge in [-0.15, -0.1) is 5.10 Å². The lowest BCUT2D eigenvalue weighted by molar-refractivity contribution is -0.122. The summed E-state index contributed by atoms with van der Waals surface area (Å²) >= 11 is 0. The van der Waals surface area contributed by atoms with E-state index in [-0.39, 0.29) is 24.2 Å². The fourth-order valence-electron chi connectivity index (χ4n) is 2.92. The van der Waals surface area contributed by atoms with Crippen molar-refractivity contribution in [2.45, 2.75) is 12.6 Å². The molecule has 0 fully saturated rings. The number of aromatic nitrogens is 3. The van der Waals surface area contributed by atoms with Crippen LogP contribution in [0.1, 0.15) is 11.6 Å². The summed E-state index contributed by atoms with van der Waals surface area (Å²) in [7, 11) is 5.52. The van der Waals surface area contributed by atoms with Gasteiger partial charge in [0.15, 0.2) is 5.65 Å². The molecule has 1 atom stereocenters. The number of ether oxygens (including phenoxy) is 1. The Balaban J connectivity index is 1.68. The highest BCUT2D eigenvalue weighted by Crippen LogP contribution is 2.22. The minimum atomic E-state index is -0.335. The van der Waals surface area contributed by atoms with Gasteiger partial charge < -0.3 is 15.0 Å². The maximum Gasteiger partial charge on any atom is 0.350 e. The van der Waals surface area contributed by atoms with Crippen molar-refractivity contribution in [3.8, 4) is 5.75 Å². The van der Waals surface area contributed by atoms with Gasteiger partial charge in [0.1, 0.15) is 12.3 Å². The van der Waals surface area contributed by atoms with Crippen molar-refractivity contribution < 1.29 is 9.53 Å². The first-order chi connectivity index (χ1) is 13.0. The molecule has 8 heteroatoms. The molecule has 0 radical (unpaired) electrons. The van der Waals surface area contributed by atoms with Gasteiger partial charge in [0, 0.05) is 12.7 Å². The third-order valence-corrected chi connectivity index (χ3v) is 4.38. The van der Waals surface area contributed by atoms with E-state index >= 15 is 0 Å². The largest absolute Gasteiger partial charge is 0.497 e. The number of nitrogens with zero attached hydrogens (tertiary/aromatic N) is 4. The van der Waals surface area contributed by atoms with Crippen LogP contribution in [-0.2, 0) is 11.3 Å². The number of benzene rings is 1. The third kappa shape index (κ3) is 4.17. The Kier molecular flexibility index (Phi) is 5.56. The van der Waals surface area contributed by atoms with Crippen LogP contribution in [0.15, 0.2) is 53.5 Å². The number of likely N-dealkylation sites (N-methyl/N-ethyl adjacent to an activating group) is 1. The molecular formula is C19H23N5O3. The van der Waals surface area contributed by atoms with E-state index in [9.17, 15) is 9.59 Å². The Bertz CT molecular complexity index is 992. The van der Waals surface area contributed by atoms with E-state index in [4.69, 9.17) is 4.74 Å². The van der Waals surface area contributed by atoms with Gasteiger partial charge in [-0.25, -0.2) is 9.48 Å². The fourth-order valence-corrected chi connectivity index (χ4v) is 2.92. The van der Waals surface area contributed by atoms with E-state index in [1.807, 2.05) is 43.3 Å². The predicted octanol–water partition coefficient (Wildman–Crippen LogP) is 0.924. The van der Waals surface area contributed by atoms with Crippen LogP contribution >= 0.6 is 0 Å². The Morgan fingerprint density at radius 2 is 2.07 bits per heavy atom. The van der Waals surface area contributed by atoms with Crippen LogP contribution in [0.5, 0.6) is 5.75 Å². The molecule has 2 heterocycles. The molecule has 3 rings (SSSR count). The summed E-state index contributed by atoms with van der Waals surface area (Å²) in [5, 5.41) is 7.06. The lowest BCUT2D eigenvalue weighted by Gasteiger charge is -2.25. The van der Waals surface area contributed by atoms with E-state index in [1.54, 1.807) is 31.5 Å². The summed E-state index contributed by atoms with van der Waals surface area (Å²) in [5.74, 6) is 0.497. The van der Waals surface area contributed by atoms with E-state index in [0.717, 1.165) is 11.3 Å². The first kappa shape index (κ1) is 18.7. The SMILES string of the molecule is COc1cccc(C(CNC(=O)Cn2nc3ccccn3c2=O)N(C)C)c1. The molecule has 0 bridgehead atoms. The zero-order valence-corrected chi connectivity index (χ0v) is 15.6. The van der Waals surface area contributed by atoms with Crippen molar-refractivity contribution in [2.24, 2.45) is 0 Å². The number of rotatable bonds is 7. The quantitative estimate of drug-likeness (QED) is 0.670. The maximum atomic E-state index is 12.4. The monoisotopic (exact) mass is 369 g/mol. The number of nitrogens with one attached hydrogen (secondary N) is 1. The van der Waals surface area contributed by atoms with Crippen molar-refractivity contribution in [3.63, 3.8) is 0 Å². The van der Waals surface area contributed by atoms with Gasteiger partial charge in [0.2, 0.25) is 5.91 Å². The predicted molar refractivity (Wildman–Crippen MR) is 102 cm³/mol. The highest BCUT2D eigenvalue weighted by molar-refractivity contribution is 5.75. The second-order valence-corrected chi connectivity index (χ2v) is 6.43. The molecule has 1 aromatic carbocycles. The maximum absolute atomic E-state index is 12.4. The van der Waals surface area contributed by atoms with Crippen molar-refractivity contribution in [1.82, 2.24) is 24.4 Å². The molecule has 0 aliphatic rings. The topological polar surface area (TPSA) is 80.9 Å². The van der Waals surface area contributed by atoms with Crippen molar-refractivity contribution >= 4 is 11.6 Å². The van der Waals surface area contributed by atoms with Crippen LogP contribution in [0.25, 0.3) is 5.65 Å². The Morgan fingerprint density at radius 3 is 2.78 bits per heavy atom. The minimum Gasteiger partial charge on any atom is -0.497 e. The highest BCUT2D eigenvalue weighted by Gasteiger charge is 2.17. The molecule has 0 aliphatic carbocycles. The highest BCUT2D eigenvalue weighted by atomic mass is 16.5. The molecule has 8 nitrogen and oxygen atoms in total. The van der Waals surface area contributed by atoms with Gasteiger partial charge in [0.25, 0.3) is 0 Å². The lowest BCUT2D eigenvalue weighted by Crippen LogP contribution is -2.38. The number of carbonyl (C=O) groups is 1. The molecular weight excluding hydrogens is 346 g/mol. The number of hydrogen-bond donors (Lipinski definition) is 1. The van der Waals surface area contributed by atoms with Crippen molar-refractivity contribution in [2.75, 3.05) is 27.7 Å². The van der Waals surface area contributed by atoms with Crippen LogP contribution < -0.4 is 15.7 Å². The number of pyridine rings is 1. The molecule has 1 unspecified atom stereocenters. The smallest absolute Gasteiger partial charge is 0.350 e. The average Bonchev–Trinajstić information content (AvgIpc) is 2.97. The molecule has 3 aromatic rings. The molecule has 0 aliphatic heterocycles. The van der Waals surface area contributed by atoms with Crippen LogP contribution in [0.2, 0.25) is 0 Å². The van der Waals surface area contributed by atoms with Gasteiger partial charge in [-0.2, -0.15) is 0 Å². The van der Waals surface area contributed by atoms with Crippen molar-refractivity contribution in [1.29, 1.82) is 0 Å². The summed E-state index contributed by atoms with van der Waals surface area (Å²) in [6, 6.07) is 13.0. The molecule has 142 valence electrons. The lowest BCUT2D eigenvalue weighted by atomic mass is 10.1. The molecule has 0 spiro atoms. The summed E-state index contributed by atoms with van der Waals surface area (Å²) in [4.78, 5) is 26.6. The Labute approximate surface area is 157 Å². The summed E-state index contributed by atoms with van der Waals surface area (Å²) in [5.41, 5.74) is 1.21. The second-order valence-electron chi connectivity index (χ2n) is 6.43. The molecule has 0 saturated heterocycles. The molecule has 1 amide bonds. The molecule has 0 saturated carbocycles. The molecule has 27 heavy (non-hydrogen) atoms. The Hall–Kier alpha value is -3.13. The summed E-state index contributed by atoms with van der Waals surface area (Å²) < 4.78 is 7.85. The minimum absolute atomic E-state index is 0.0261. The first-order valence-corrected chi connectivity index (χ1v) is 8.61. The fraction of sp³-hybridized carbons (Fsp3) is 0.316. The molecule has 1 N–H and O–H groups in total. The number of carbonyl (C=O) groups excluding carboxylic acids is 1. The van der Waals surface area contributed by atoms with Crippen LogP contribution in [0, 0.1) is 0 Å². The number of amides is 1. The van der Waals surface area contributed by atoms with E-state index in [2.05, 4.69) is 10.4 Å². The standard InChI is InChI=1S/C19H23N5O3/c1-22(2)16(14-7-6-8-15(11-14)27-3)12-20-18(25)13-24-19(26)23-10-5-4-9-17(23)21-24/h4-11,16H,12-13H2,1-3H3,(H,20,25). The zero-order chi connectivity index (χ0) is 19.4. The van der Waals surface area contributed by atoms with E-state index in [0.29, 0.717) is 12.2 Å². The first-order valence-electron chi connectivity index (χ1n) is 8.61. The van der Waals surface area contributed by atoms with Gasteiger partial charge in [-0.1, -0.05) is 18.2 Å². The van der Waals surface area contributed by atoms with Crippen molar-refractivity contribution in [3.05, 3.63) is 64.7 Å². The van der Waals surface area contributed by atoms with Crippen LogP contribution in [0.3, 0.4) is 0 Å². The summed E-state index contributed by atoms with van der Waals surface area (Å²) in [6.45, 7) is 0.278. The van der Waals surface area contributed by atoms with Gasteiger partial charge in [0.05, 0.1) is 13.2 Å². The zero-order valence-electron chi connectivity index (χ0n) is 15.6. The van der Waals surface area contributed by atoms with Gasteiger partial charge in [-0.3, -0.25) is 9.20 Å². The van der Waals surface area contributed by atoms with Crippen LogP contribution in [0.4, 0.5) is 0 Å². The number of methoxy groups -OCH3 is 1. The van der Waals surface area contributed by atoms with E-state index < -0.39 is 0 Å². The third-order valence-electron chi connectivity index (χ3n) is 4.38. The normalized spacial score (nSPS) is 12.3. The summed E-state index contributed by atoms with van der Waals surface area (Å²) in [6.07, 6.45) is 1.63. The van der Waals surface area contributed by atoms with Crippen LogP contribution in [-0.4, -0.2) is 52.7 Å². The average molecular weight is 369 g/mol. The van der Waals surface area contributed by atoms with Gasteiger partial charge >= 0.3 is 5.69 Å². The Morgan fingerprint density at radius 1 is 1.26 bits per heavy atom. The van der Waals surface area contributed by atoms with Gasteiger partial charge in [-0.05, 0) is 43.9 Å². The van der Waals surface area contributed by atoms with E-state index in [1.165, 1.54) is 9.08 Å². The number of hydrogen-bond acceptors (Lipinski definition) is 5. The molecule has 2 aromatic heterocycles. The number of fused-ring (bicyclic) bond motifs is 1.